The first kappa shape index (κ1) is 37.1. The Morgan fingerprint density at radius 3 is 1.02 bits per heavy atom. The van der Waals surface area contributed by atoms with Gasteiger partial charge in [0.25, 0.3) is 0 Å². The Morgan fingerprint density at radius 2 is 0.643 bits per heavy atom. The van der Waals surface area contributed by atoms with E-state index in [0.717, 1.165) is 22.7 Å². The summed E-state index contributed by atoms with van der Waals surface area (Å²) in [5.41, 5.74) is 18.6. The van der Waals surface area contributed by atoms with E-state index < -0.39 is 0 Å². The second-order valence-electron chi connectivity index (χ2n) is 17.2. The molecule has 2 heteroatoms. The maximum Gasteiger partial charge on any atom is 0.0546 e. The lowest BCUT2D eigenvalue weighted by Crippen LogP contribution is -2.13. The van der Waals surface area contributed by atoms with Crippen LogP contribution in [0, 0.1) is 55.4 Å². The Bertz CT molecular complexity index is 2730. The minimum absolute atomic E-state index is 0.0249. The van der Waals surface area contributed by atoms with Gasteiger partial charge in [-0.25, -0.2) is 0 Å². The van der Waals surface area contributed by atoms with Crippen LogP contribution in [-0.4, -0.2) is 0 Å². The fourth-order valence-corrected chi connectivity index (χ4v) is 8.11. The molecule has 2 nitrogen and oxygen atoms in total. The van der Waals surface area contributed by atoms with Crippen LogP contribution in [-0.2, 0) is 5.41 Å². The Morgan fingerprint density at radius 1 is 0.304 bits per heavy atom. The van der Waals surface area contributed by atoms with Crippen molar-refractivity contribution in [1.29, 1.82) is 0 Å². The third-order valence-corrected chi connectivity index (χ3v) is 12.3. The number of rotatable bonds is 6. The molecule has 56 heavy (non-hydrogen) atoms. The third kappa shape index (κ3) is 6.52. The molecule has 8 rings (SSSR count). The van der Waals surface area contributed by atoms with Gasteiger partial charge in [0.15, 0.2) is 0 Å². The van der Waals surface area contributed by atoms with E-state index in [0.29, 0.717) is 0 Å². The summed E-state index contributed by atoms with van der Waals surface area (Å²) < 4.78 is 0. The van der Waals surface area contributed by atoms with Crippen molar-refractivity contribution >= 4 is 66.4 Å². The van der Waals surface area contributed by atoms with Gasteiger partial charge in [0.05, 0.1) is 11.4 Å². The zero-order chi connectivity index (χ0) is 39.6. The van der Waals surface area contributed by atoms with Crippen LogP contribution in [0.3, 0.4) is 0 Å². The number of aryl methyl sites for hydroxylation is 8. The van der Waals surface area contributed by atoms with Gasteiger partial charge in [-0.05, 0) is 199 Å². The lowest BCUT2D eigenvalue weighted by molar-refractivity contribution is 0.591. The molecule has 0 aromatic heterocycles. The second-order valence-corrected chi connectivity index (χ2v) is 17.2. The molecule has 0 saturated heterocycles. The summed E-state index contributed by atoms with van der Waals surface area (Å²) in [4.78, 5) is 4.96. The standard InChI is InChI=1S/C54H54N2/c1-33-16-21-42(26-37(33)5)55(43-22-17-34(2)38(6)27-43)52-32-51-49-30-41(54(9,10)11)20-25-48(49)53(31-50(51)46-14-12-13-15-47(46)52)56(44-23-18-35(3)39(7)28-44)45-24-19-36(4)40(8)29-45/h12-32H,1-11H3. The number of hydrogen-bond acceptors (Lipinski definition) is 2. The predicted molar refractivity (Wildman–Crippen MR) is 245 cm³/mol. The molecule has 0 N–H and O–H groups in total. The highest BCUT2D eigenvalue weighted by atomic mass is 15.2. The number of benzene rings is 8. The summed E-state index contributed by atoms with van der Waals surface area (Å²) in [6.45, 7) is 24.6. The first-order chi connectivity index (χ1) is 26.7. The Hall–Kier alpha value is -5.86. The zero-order valence-corrected chi connectivity index (χ0v) is 35.0. The van der Waals surface area contributed by atoms with E-state index in [4.69, 9.17) is 0 Å². The Labute approximate surface area is 334 Å². The van der Waals surface area contributed by atoms with Gasteiger partial charge in [0, 0.05) is 33.5 Å². The van der Waals surface area contributed by atoms with Crippen molar-refractivity contribution in [3.8, 4) is 0 Å². The van der Waals surface area contributed by atoms with Gasteiger partial charge < -0.3 is 9.80 Å². The fraction of sp³-hybridized carbons (Fsp3) is 0.222. The monoisotopic (exact) mass is 730 g/mol. The lowest BCUT2D eigenvalue weighted by Gasteiger charge is -2.31. The number of nitrogens with zero attached hydrogens (tertiary/aromatic N) is 2. The van der Waals surface area contributed by atoms with Crippen molar-refractivity contribution in [2.24, 2.45) is 0 Å². The van der Waals surface area contributed by atoms with E-state index in [2.05, 4.69) is 213 Å². The molecule has 8 aromatic rings. The van der Waals surface area contributed by atoms with E-state index in [-0.39, 0.29) is 5.41 Å². The lowest BCUT2D eigenvalue weighted by atomic mass is 9.84. The number of fused-ring (bicyclic) bond motifs is 5. The molecule has 0 unspecified atom stereocenters. The molecular weight excluding hydrogens is 677 g/mol. The van der Waals surface area contributed by atoms with E-state index in [1.807, 2.05) is 0 Å². The van der Waals surface area contributed by atoms with E-state index in [9.17, 15) is 0 Å². The van der Waals surface area contributed by atoms with Crippen LogP contribution in [0.5, 0.6) is 0 Å². The molecule has 8 aromatic carbocycles. The molecule has 0 atom stereocenters. The average Bonchev–Trinajstić information content (AvgIpc) is 3.17. The molecule has 0 fully saturated rings. The topological polar surface area (TPSA) is 6.48 Å². The van der Waals surface area contributed by atoms with Gasteiger partial charge in [-0.15, -0.1) is 0 Å². The normalized spacial score (nSPS) is 11.8. The van der Waals surface area contributed by atoms with Crippen LogP contribution in [0.15, 0.2) is 127 Å². The maximum atomic E-state index is 2.48. The highest BCUT2D eigenvalue weighted by Crippen LogP contribution is 2.49. The molecule has 0 radical (unpaired) electrons. The quantitative estimate of drug-likeness (QED) is 0.157. The minimum atomic E-state index is -0.0249. The number of hydrogen-bond donors (Lipinski definition) is 0. The van der Waals surface area contributed by atoms with Gasteiger partial charge >= 0.3 is 0 Å². The summed E-state index contributed by atoms with van der Waals surface area (Å²) in [5.74, 6) is 0. The summed E-state index contributed by atoms with van der Waals surface area (Å²) in [6, 6.07) is 48.6. The summed E-state index contributed by atoms with van der Waals surface area (Å²) in [6.07, 6.45) is 0. The first-order valence-corrected chi connectivity index (χ1v) is 20.0. The molecule has 0 saturated carbocycles. The predicted octanol–water partition coefficient (Wildman–Crippen LogP) is 15.9. The fourth-order valence-electron chi connectivity index (χ4n) is 8.11. The van der Waals surface area contributed by atoms with Crippen molar-refractivity contribution in [2.45, 2.75) is 81.6 Å². The molecule has 0 spiro atoms. The largest absolute Gasteiger partial charge is 0.310 e. The van der Waals surface area contributed by atoms with Crippen LogP contribution in [0.4, 0.5) is 34.1 Å². The third-order valence-electron chi connectivity index (χ3n) is 12.3. The summed E-state index contributed by atoms with van der Waals surface area (Å²) >= 11 is 0. The smallest absolute Gasteiger partial charge is 0.0546 e. The van der Waals surface area contributed by atoms with Crippen LogP contribution in [0.25, 0.3) is 32.3 Å². The second kappa shape index (κ2) is 14.0. The van der Waals surface area contributed by atoms with Crippen molar-refractivity contribution in [1.82, 2.24) is 0 Å². The average molecular weight is 731 g/mol. The minimum Gasteiger partial charge on any atom is -0.310 e. The SMILES string of the molecule is Cc1ccc(N(c2ccc(C)c(C)c2)c2cc3c4cc(C(C)(C)C)ccc4c(N(c4ccc(C)c(C)c4)c4ccc(C)c(C)c4)cc3c3ccccc23)cc1C. The highest BCUT2D eigenvalue weighted by Gasteiger charge is 2.24. The Kier molecular flexibility index (Phi) is 9.28. The van der Waals surface area contributed by atoms with Gasteiger partial charge in [0.2, 0.25) is 0 Å². The highest BCUT2D eigenvalue weighted by molar-refractivity contribution is 6.24. The van der Waals surface area contributed by atoms with Crippen LogP contribution in [0.2, 0.25) is 0 Å². The van der Waals surface area contributed by atoms with Crippen LogP contribution in [0.1, 0.15) is 70.8 Å². The van der Waals surface area contributed by atoms with Crippen molar-refractivity contribution in [2.75, 3.05) is 9.80 Å². The first-order valence-electron chi connectivity index (χ1n) is 20.0. The van der Waals surface area contributed by atoms with E-state index in [1.165, 1.54) is 93.8 Å². The van der Waals surface area contributed by atoms with E-state index in [1.54, 1.807) is 0 Å². The van der Waals surface area contributed by atoms with Gasteiger partial charge in [-0.1, -0.05) is 81.4 Å². The summed E-state index contributed by atoms with van der Waals surface area (Å²) in [5, 5.41) is 7.44. The van der Waals surface area contributed by atoms with E-state index >= 15 is 0 Å². The molecule has 0 bridgehead atoms. The van der Waals surface area contributed by atoms with Crippen molar-refractivity contribution in [3.63, 3.8) is 0 Å². The maximum absolute atomic E-state index is 2.48. The molecule has 0 aliphatic carbocycles. The number of anilines is 6. The molecule has 280 valence electrons. The zero-order valence-electron chi connectivity index (χ0n) is 35.0. The Balaban J connectivity index is 1.52. The molecule has 0 amide bonds. The van der Waals surface area contributed by atoms with Gasteiger partial charge in [-0.2, -0.15) is 0 Å². The van der Waals surface area contributed by atoms with Gasteiger partial charge in [-0.3, -0.25) is 0 Å². The molecular formula is C54H54N2. The molecule has 0 heterocycles. The van der Waals surface area contributed by atoms with Crippen molar-refractivity contribution in [3.05, 3.63) is 177 Å². The van der Waals surface area contributed by atoms with Crippen molar-refractivity contribution < 1.29 is 0 Å². The van der Waals surface area contributed by atoms with Gasteiger partial charge in [0.1, 0.15) is 0 Å². The molecule has 0 aliphatic heterocycles. The molecule has 0 aliphatic rings. The van der Waals surface area contributed by atoms with Crippen LogP contribution >= 0.6 is 0 Å². The van der Waals surface area contributed by atoms with Crippen LogP contribution < -0.4 is 9.80 Å². The summed E-state index contributed by atoms with van der Waals surface area (Å²) in [7, 11) is 0.